The lowest BCUT2D eigenvalue weighted by Gasteiger charge is -2.38. The molecule has 0 radical (unpaired) electrons. The van der Waals surface area contributed by atoms with Gasteiger partial charge >= 0.3 is 0 Å². The molecule has 4 heteroatoms. The maximum atomic E-state index is 5.69. The number of nitrogens with zero attached hydrogens (tertiary/aromatic N) is 1. The van der Waals surface area contributed by atoms with E-state index in [-0.39, 0.29) is 0 Å². The molecule has 162 valence electrons. The summed E-state index contributed by atoms with van der Waals surface area (Å²) in [4.78, 5) is 4.03. The summed E-state index contributed by atoms with van der Waals surface area (Å²) in [5.41, 5.74) is 3.25. The smallest absolute Gasteiger partial charge is 0.163 e. The fourth-order valence-corrected chi connectivity index (χ4v) is 6.11. The SMILES string of the molecule is COc1cccc(CC2CCCC3(CCN(Cc4ccc(SC)cc4)C3)C2)c1OC. The monoisotopic (exact) mass is 425 g/mol. The van der Waals surface area contributed by atoms with Crippen molar-refractivity contribution in [2.45, 2.75) is 50.0 Å². The van der Waals surface area contributed by atoms with Crippen molar-refractivity contribution in [2.24, 2.45) is 11.3 Å². The molecule has 2 aliphatic rings. The minimum Gasteiger partial charge on any atom is -0.493 e. The number of para-hydroxylation sites is 1. The van der Waals surface area contributed by atoms with Crippen LogP contribution in [0.5, 0.6) is 11.5 Å². The number of ether oxygens (including phenoxy) is 2. The van der Waals surface area contributed by atoms with Gasteiger partial charge in [-0.25, -0.2) is 0 Å². The predicted molar refractivity (Wildman–Crippen MR) is 126 cm³/mol. The average molecular weight is 426 g/mol. The highest BCUT2D eigenvalue weighted by atomic mass is 32.2. The van der Waals surface area contributed by atoms with Crippen molar-refractivity contribution in [3.63, 3.8) is 0 Å². The van der Waals surface area contributed by atoms with Crippen LogP contribution in [0.15, 0.2) is 47.4 Å². The zero-order valence-electron chi connectivity index (χ0n) is 18.7. The van der Waals surface area contributed by atoms with Crippen LogP contribution in [0.1, 0.15) is 43.2 Å². The molecule has 3 nitrogen and oxygen atoms in total. The minimum absolute atomic E-state index is 0.508. The normalized spacial score (nSPS) is 24.3. The maximum Gasteiger partial charge on any atom is 0.163 e. The van der Waals surface area contributed by atoms with Crippen molar-refractivity contribution in [1.82, 2.24) is 4.90 Å². The molecule has 2 aromatic rings. The van der Waals surface area contributed by atoms with Crippen LogP contribution in [0, 0.1) is 11.3 Å². The van der Waals surface area contributed by atoms with Crippen LogP contribution in [0.25, 0.3) is 0 Å². The quantitative estimate of drug-likeness (QED) is 0.503. The van der Waals surface area contributed by atoms with Crippen molar-refractivity contribution < 1.29 is 9.47 Å². The van der Waals surface area contributed by atoms with E-state index < -0.39 is 0 Å². The lowest BCUT2D eigenvalue weighted by Crippen LogP contribution is -2.33. The molecule has 1 heterocycles. The second kappa shape index (κ2) is 9.65. The van der Waals surface area contributed by atoms with Gasteiger partial charge < -0.3 is 9.47 Å². The van der Waals surface area contributed by atoms with Crippen LogP contribution in [-0.4, -0.2) is 38.5 Å². The first-order chi connectivity index (χ1) is 14.6. The fraction of sp³-hybridized carbons (Fsp3) is 0.538. The zero-order valence-corrected chi connectivity index (χ0v) is 19.5. The molecule has 2 aromatic carbocycles. The average Bonchev–Trinajstić information content (AvgIpc) is 3.15. The van der Waals surface area contributed by atoms with Gasteiger partial charge in [0, 0.05) is 18.0 Å². The number of hydrogen-bond acceptors (Lipinski definition) is 4. The summed E-state index contributed by atoms with van der Waals surface area (Å²) in [6.07, 6.45) is 10.0. The standard InChI is InChI=1S/C26H35NO2S/c1-28-24-8-4-7-22(25(24)29-2)16-21-6-5-13-26(17-21)14-15-27(19-26)18-20-9-11-23(30-3)12-10-20/h4,7-12,21H,5-6,13-19H2,1-3H3. The summed E-state index contributed by atoms with van der Waals surface area (Å²) < 4.78 is 11.2. The molecule has 2 unspecified atom stereocenters. The summed E-state index contributed by atoms with van der Waals surface area (Å²) >= 11 is 1.81. The Hall–Kier alpha value is -1.65. The van der Waals surface area contributed by atoms with Gasteiger partial charge in [0.2, 0.25) is 0 Å². The van der Waals surface area contributed by atoms with E-state index in [9.17, 15) is 0 Å². The van der Waals surface area contributed by atoms with Crippen molar-refractivity contribution in [2.75, 3.05) is 33.6 Å². The van der Waals surface area contributed by atoms with E-state index in [0.717, 1.165) is 30.4 Å². The van der Waals surface area contributed by atoms with E-state index in [0.29, 0.717) is 5.41 Å². The summed E-state index contributed by atoms with van der Waals surface area (Å²) in [6.45, 7) is 3.58. The maximum absolute atomic E-state index is 5.69. The van der Waals surface area contributed by atoms with Crippen LogP contribution in [0.2, 0.25) is 0 Å². The number of hydrogen-bond donors (Lipinski definition) is 0. The van der Waals surface area contributed by atoms with Crippen LogP contribution >= 0.6 is 11.8 Å². The van der Waals surface area contributed by atoms with Crippen molar-refractivity contribution >= 4 is 11.8 Å². The molecule has 0 bridgehead atoms. The molecule has 1 saturated heterocycles. The highest BCUT2D eigenvalue weighted by molar-refractivity contribution is 7.98. The van der Waals surface area contributed by atoms with Gasteiger partial charge in [0.1, 0.15) is 0 Å². The molecule has 4 rings (SSSR count). The first kappa shape index (κ1) is 21.6. The summed E-state index contributed by atoms with van der Waals surface area (Å²) in [7, 11) is 3.48. The number of rotatable bonds is 7. The molecular weight excluding hydrogens is 390 g/mol. The largest absolute Gasteiger partial charge is 0.493 e. The lowest BCUT2D eigenvalue weighted by molar-refractivity contribution is 0.138. The molecule has 1 spiro atoms. The topological polar surface area (TPSA) is 21.7 Å². The Morgan fingerprint density at radius 3 is 2.63 bits per heavy atom. The lowest BCUT2D eigenvalue weighted by atomic mass is 9.68. The first-order valence-corrected chi connectivity index (χ1v) is 12.4. The van der Waals surface area contributed by atoms with Crippen LogP contribution in [0.3, 0.4) is 0 Å². The minimum atomic E-state index is 0.508. The molecule has 30 heavy (non-hydrogen) atoms. The van der Waals surface area contributed by atoms with Crippen molar-refractivity contribution in [1.29, 1.82) is 0 Å². The molecule has 1 saturated carbocycles. The molecule has 0 amide bonds. The van der Waals surface area contributed by atoms with Gasteiger partial charge in [-0.05, 0) is 79.1 Å². The Morgan fingerprint density at radius 1 is 1.07 bits per heavy atom. The summed E-state index contributed by atoms with van der Waals surface area (Å²) in [5.74, 6) is 2.50. The molecule has 0 aromatic heterocycles. The number of benzene rings is 2. The molecule has 1 aliphatic carbocycles. The van der Waals surface area contributed by atoms with Gasteiger partial charge in [-0.15, -0.1) is 11.8 Å². The van der Waals surface area contributed by atoms with Crippen LogP contribution in [0.4, 0.5) is 0 Å². The summed E-state index contributed by atoms with van der Waals surface area (Å²) in [6, 6.07) is 15.4. The molecule has 2 atom stereocenters. The Morgan fingerprint density at radius 2 is 1.90 bits per heavy atom. The van der Waals surface area contributed by atoms with Crippen LogP contribution in [-0.2, 0) is 13.0 Å². The third kappa shape index (κ3) is 4.81. The predicted octanol–water partition coefficient (Wildman–Crippen LogP) is 6.05. The van der Waals surface area contributed by atoms with E-state index in [1.165, 1.54) is 61.2 Å². The van der Waals surface area contributed by atoms with Crippen LogP contribution < -0.4 is 9.47 Å². The van der Waals surface area contributed by atoms with E-state index >= 15 is 0 Å². The van der Waals surface area contributed by atoms with Gasteiger partial charge in [0.25, 0.3) is 0 Å². The second-order valence-corrected chi connectivity index (χ2v) is 10.0. The van der Waals surface area contributed by atoms with Gasteiger partial charge in [-0.1, -0.05) is 37.1 Å². The highest BCUT2D eigenvalue weighted by Gasteiger charge is 2.41. The van der Waals surface area contributed by atoms with Gasteiger partial charge in [0.05, 0.1) is 14.2 Å². The second-order valence-electron chi connectivity index (χ2n) is 9.13. The summed E-state index contributed by atoms with van der Waals surface area (Å²) in [5, 5.41) is 0. The third-order valence-corrected chi connectivity index (χ3v) is 7.86. The van der Waals surface area contributed by atoms with E-state index in [1.54, 1.807) is 14.2 Å². The van der Waals surface area contributed by atoms with E-state index in [2.05, 4.69) is 47.6 Å². The van der Waals surface area contributed by atoms with Gasteiger partial charge in [0.15, 0.2) is 11.5 Å². The zero-order chi connectivity index (χ0) is 21.0. The fourth-order valence-electron chi connectivity index (χ4n) is 5.70. The molecule has 0 N–H and O–H groups in total. The number of likely N-dealkylation sites (tertiary alicyclic amines) is 1. The molecule has 1 aliphatic heterocycles. The molecular formula is C26H35NO2S. The van der Waals surface area contributed by atoms with E-state index in [4.69, 9.17) is 9.47 Å². The Bertz CT molecular complexity index is 837. The number of methoxy groups -OCH3 is 2. The third-order valence-electron chi connectivity index (χ3n) is 7.12. The van der Waals surface area contributed by atoms with Crippen molar-refractivity contribution in [3.05, 3.63) is 53.6 Å². The number of thioether (sulfide) groups is 1. The Labute approximate surface area is 186 Å². The Kier molecular flexibility index (Phi) is 6.94. The highest BCUT2D eigenvalue weighted by Crippen LogP contribution is 2.47. The van der Waals surface area contributed by atoms with Gasteiger partial charge in [-0.2, -0.15) is 0 Å². The van der Waals surface area contributed by atoms with E-state index in [1.807, 2.05) is 17.8 Å². The van der Waals surface area contributed by atoms with Crippen molar-refractivity contribution in [3.8, 4) is 11.5 Å². The Balaban J connectivity index is 1.39. The first-order valence-electron chi connectivity index (χ1n) is 11.2. The van der Waals surface area contributed by atoms with Gasteiger partial charge in [-0.3, -0.25) is 4.90 Å². The molecule has 2 fully saturated rings.